The molecule has 5 heteroatoms. The van der Waals surface area contributed by atoms with Crippen molar-refractivity contribution in [2.75, 3.05) is 0 Å². The van der Waals surface area contributed by atoms with E-state index in [1.165, 1.54) is 4.90 Å². The van der Waals surface area contributed by atoms with Gasteiger partial charge in [-0.3, -0.25) is 14.5 Å². The van der Waals surface area contributed by atoms with Crippen molar-refractivity contribution < 1.29 is 14.3 Å². The van der Waals surface area contributed by atoms with Gasteiger partial charge in [-0.15, -0.1) is 0 Å². The highest BCUT2D eigenvalue weighted by molar-refractivity contribution is 8.18. The average Bonchev–Trinajstić information content (AvgIpc) is 3.11. The first-order valence-corrected chi connectivity index (χ1v) is 11.5. The summed E-state index contributed by atoms with van der Waals surface area (Å²) < 4.78 is 6.00. The van der Waals surface area contributed by atoms with Crippen molar-refractivity contribution in [1.82, 2.24) is 4.90 Å². The van der Waals surface area contributed by atoms with Crippen LogP contribution in [0.2, 0.25) is 0 Å². The third kappa shape index (κ3) is 4.54. The summed E-state index contributed by atoms with van der Waals surface area (Å²) in [6, 6.07) is 31.4. The molecular weight excluding hydrogens is 430 g/mol. The van der Waals surface area contributed by atoms with Gasteiger partial charge in [-0.05, 0) is 45.8 Å². The summed E-state index contributed by atoms with van der Waals surface area (Å²) in [7, 11) is 0. The highest BCUT2D eigenvalue weighted by Crippen LogP contribution is 2.35. The molecule has 0 aromatic heterocycles. The van der Waals surface area contributed by atoms with Gasteiger partial charge in [0.25, 0.3) is 11.1 Å². The summed E-state index contributed by atoms with van der Waals surface area (Å²) in [4.78, 5) is 27.6. The number of amides is 2. The van der Waals surface area contributed by atoms with E-state index < -0.39 is 0 Å². The summed E-state index contributed by atoms with van der Waals surface area (Å²) >= 11 is 0.967. The second kappa shape index (κ2) is 9.35. The Bertz CT molecular complexity index is 1360. The Kier molecular flexibility index (Phi) is 5.96. The van der Waals surface area contributed by atoms with Crippen molar-refractivity contribution in [3.8, 4) is 5.75 Å². The molecule has 1 aliphatic heterocycles. The molecule has 1 fully saturated rings. The van der Waals surface area contributed by atoms with E-state index in [2.05, 4.69) is 0 Å². The van der Waals surface area contributed by atoms with Gasteiger partial charge in [-0.25, -0.2) is 0 Å². The van der Waals surface area contributed by atoms with Crippen LogP contribution in [0, 0.1) is 0 Å². The van der Waals surface area contributed by atoms with Crippen molar-refractivity contribution >= 4 is 39.8 Å². The summed E-state index contributed by atoms with van der Waals surface area (Å²) in [5.41, 5.74) is 2.77. The molecule has 1 aliphatic rings. The van der Waals surface area contributed by atoms with Gasteiger partial charge in [0.05, 0.1) is 11.4 Å². The summed E-state index contributed by atoms with van der Waals surface area (Å²) in [6.45, 7) is 0.670. The second-order valence-corrected chi connectivity index (χ2v) is 8.71. The van der Waals surface area contributed by atoms with Gasteiger partial charge in [0.15, 0.2) is 0 Å². The van der Waals surface area contributed by atoms with Crippen molar-refractivity contribution in [2.45, 2.75) is 13.2 Å². The van der Waals surface area contributed by atoms with Crippen molar-refractivity contribution in [1.29, 1.82) is 0 Å². The average molecular weight is 452 g/mol. The van der Waals surface area contributed by atoms with E-state index in [-0.39, 0.29) is 17.7 Å². The SMILES string of the molecule is O=C1S/C(=C/c2ccccc2OCc2ccccc2)C(=O)N1Cc1cccc2ccccc12. The molecule has 0 N–H and O–H groups in total. The Labute approximate surface area is 196 Å². The zero-order valence-corrected chi connectivity index (χ0v) is 18.6. The first-order chi connectivity index (χ1) is 16.2. The molecular formula is C28H21NO3S. The van der Waals surface area contributed by atoms with Gasteiger partial charge in [0, 0.05) is 5.56 Å². The monoisotopic (exact) mass is 451 g/mol. The van der Waals surface area contributed by atoms with Crippen molar-refractivity contribution in [3.05, 3.63) is 119 Å². The Balaban J connectivity index is 1.37. The molecule has 33 heavy (non-hydrogen) atoms. The standard InChI is InChI=1S/C28H21NO3S/c30-27-26(17-22-12-5-7-16-25(22)32-19-20-9-2-1-3-10-20)33-28(31)29(27)18-23-14-8-13-21-11-4-6-15-24(21)23/h1-17H,18-19H2/b26-17+. The molecule has 0 radical (unpaired) electrons. The molecule has 0 spiro atoms. The van der Waals surface area contributed by atoms with Crippen molar-refractivity contribution in [2.24, 2.45) is 0 Å². The molecule has 1 heterocycles. The highest BCUT2D eigenvalue weighted by Gasteiger charge is 2.35. The van der Waals surface area contributed by atoms with E-state index in [1.54, 1.807) is 6.08 Å². The fourth-order valence-corrected chi connectivity index (χ4v) is 4.67. The van der Waals surface area contributed by atoms with Crippen LogP contribution in [0.15, 0.2) is 102 Å². The van der Waals surface area contributed by atoms with Gasteiger partial charge >= 0.3 is 0 Å². The predicted octanol–water partition coefficient (Wildman–Crippen LogP) is 6.66. The fraction of sp³-hybridized carbons (Fsp3) is 0.0714. The number of hydrogen-bond donors (Lipinski definition) is 0. The molecule has 1 saturated heterocycles. The molecule has 2 amide bonds. The molecule has 0 aliphatic carbocycles. The number of ether oxygens (including phenoxy) is 1. The van der Waals surface area contributed by atoms with Gasteiger partial charge in [-0.2, -0.15) is 0 Å². The van der Waals surface area contributed by atoms with Crippen LogP contribution in [0.4, 0.5) is 4.79 Å². The molecule has 4 aromatic carbocycles. The second-order valence-electron chi connectivity index (χ2n) is 7.72. The molecule has 162 valence electrons. The maximum Gasteiger partial charge on any atom is 0.293 e. The number of benzene rings is 4. The quantitative estimate of drug-likeness (QED) is 0.308. The maximum atomic E-state index is 13.1. The number of fused-ring (bicyclic) bond motifs is 1. The summed E-state index contributed by atoms with van der Waals surface area (Å²) in [6.07, 6.45) is 1.74. The number of para-hydroxylation sites is 1. The minimum Gasteiger partial charge on any atom is -0.488 e. The number of carbonyl (C=O) groups is 2. The molecule has 4 nitrogen and oxygen atoms in total. The Morgan fingerprint density at radius 3 is 2.39 bits per heavy atom. The van der Waals surface area contributed by atoms with E-state index in [0.717, 1.165) is 39.2 Å². The van der Waals surface area contributed by atoms with Gasteiger partial charge in [0.1, 0.15) is 12.4 Å². The molecule has 5 rings (SSSR count). The van der Waals surface area contributed by atoms with Crippen molar-refractivity contribution in [3.63, 3.8) is 0 Å². The number of rotatable bonds is 6. The van der Waals surface area contributed by atoms with E-state index in [0.29, 0.717) is 17.3 Å². The minimum atomic E-state index is -0.282. The van der Waals surface area contributed by atoms with Crippen LogP contribution >= 0.6 is 11.8 Å². The van der Waals surface area contributed by atoms with Crippen LogP contribution in [-0.4, -0.2) is 16.0 Å². The van der Waals surface area contributed by atoms with E-state index in [1.807, 2.05) is 97.1 Å². The molecule has 4 aromatic rings. The van der Waals surface area contributed by atoms with Crippen LogP contribution in [0.25, 0.3) is 16.8 Å². The largest absolute Gasteiger partial charge is 0.488 e. The Morgan fingerprint density at radius 2 is 1.52 bits per heavy atom. The lowest BCUT2D eigenvalue weighted by Gasteiger charge is -2.14. The molecule has 0 atom stereocenters. The van der Waals surface area contributed by atoms with E-state index in [9.17, 15) is 9.59 Å². The third-order valence-corrected chi connectivity index (χ3v) is 6.43. The Morgan fingerprint density at radius 1 is 0.788 bits per heavy atom. The van der Waals surface area contributed by atoms with Gasteiger partial charge < -0.3 is 4.74 Å². The van der Waals surface area contributed by atoms with Crippen LogP contribution < -0.4 is 4.74 Å². The van der Waals surface area contributed by atoms with E-state index in [4.69, 9.17) is 4.74 Å². The minimum absolute atomic E-state index is 0.246. The number of imide groups is 1. The zero-order chi connectivity index (χ0) is 22.6. The first kappa shape index (κ1) is 21.0. The predicted molar refractivity (Wildman–Crippen MR) is 133 cm³/mol. The summed E-state index contributed by atoms with van der Waals surface area (Å²) in [5, 5.41) is 1.87. The number of nitrogens with zero attached hydrogens (tertiary/aromatic N) is 1. The van der Waals surface area contributed by atoms with Crippen LogP contribution in [0.3, 0.4) is 0 Å². The number of carbonyl (C=O) groups excluding carboxylic acids is 2. The number of thioether (sulfide) groups is 1. The lowest BCUT2D eigenvalue weighted by Crippen LogP contribution is -2.27. The lowest BCUT2D eigenvalue weighted by molar-refractivity contribution is -0.123. The first-order valence-electron chi connectivity index (χ1n) is 10.7. The van der Waals surface area contributed by atoms with Crippen LogP contribution in [-0.2, 0) is 17.9 Å². The normalized spacial score (nSPS) is 14.9. The van der Waals surface area contributed by atoms with Crippen LogP contribution in [0.5, 0.6) is 5.75 Å². The topological polar surface area (TPSA) is 46.6 Å². The third-order valence-electron chi connectivity index (χ3n) is 5.52. The molecule has 0 unspecified atom stereocenters. The fourth-order valence-electron chi connectivity index (χ4n) is 3.84. The van der Waals surface area contributed by atoms with Crippen LogP contribution in [0.1, 0.15) is 16.7 Å². The smallest absolute Gasteiger partial charge is 0.293 e. The molecule has 0 bridgehead atoms. The molecule has 0 saturated carbocycles. The Hall–Kier alpha value is -3.83. The number of hydrogen-bond acceptors (Lipinski definition) is 4. The lowest BCUT2D eigenvalue weighted by atomic mass is 10.0. The highest BCUT2D eigenvalue weighted by atomic mass is 32.2. The zero-order valence-electron chi connectivity index (χ0n) is 17.8. The maximum absolute atomic E-state index is 13.1. The summed E-state index contributed by atoms with van der Waals surface area (Å²) in [5.74, 6) is 0.387. The van der Waals surface area contributed by atoms with Gasteiger partial charge in [-0.1, -0.05) is 91.0 Å². The van der Waals surface area contributed by atoms with E-state index >= 15 is 0 Å². The van der Waals surface area contributed by atoms with Gasteiger partial charge in [0.2, 0.25) is 0 Å².